The Labute approximate surface area is 236 Å². The number of ether oxygens (including phenoxy) is 3. The minimum Gasteiger partial charge on any atom is -0.493 e. The molecule has 0 radical (unpaired) electrons. The Morgan fingerprint density at radius 2 is 1.68 bits per heavy atom. The van der Waals surface area contributed by atoms with E-state index in [4.69, 9.17) is 14.2 Å². The van der Waals surface area contributed by atoms with Gasteiger partial charge in [-0.1, -0.05) is 54.2 Å². The average Bonchev–Trinajstić information content (AvgIpc) is 3.35. The third-order valence-electron chi connectivity index (χ3n) is 5.91. The average molecular weight is 575 g/mol. The molecule has 0 amide bonds. The summed E-state index contributed by atoms with van der Waals surface area (Å²) in [6.45, 7) is 0. The summed E-state index contributed by atoms with van der Waals surface area (Å²) in [5.41, 5.74) is 1.67. The van der Waals surface area contributed by atoms with Gasteiger partial charge in [0, 0.05) is 17.2 Å². The van der Waals surface area contributed by atoms with Crippen LogP contribution in [-0.2, 0) is 0 Å². The number of para-hydroxylation sites is 1. The fourth-order valence-corrected chi connectivity index (χ4v) is 6.56. The highest BCUT2D eigenvalue weighted by Crippen LogP contribution is 2.46. The summed E-state index contributed by atoms with van der Waals surface area (Å²) >= 11 is 2.54. The maximum Gasteiger partial charge on any atom is 0.283 e. The molecule has 3 aromatic carbocycles. The van der Waals surface area contributed by atoms with Gasteiger partial charge in [0.1, 0.15) is 11.2 Å². The molecule has 0 spiro atoms. The number of methoxy groups -OCH3 is 3. The van der Waals surface area contributed by atoms with Gasteiger partial charge in [0.05, 0.1) is 47.0 Å². The van der Waals surface area contributed by atoms with Crippen LogP contribution in [0.15, 0.2) is 92.1 Å². The molecule has 0 unspecified atom stereocenters. The molecule has 5 aromatic rings. The number of nitrogens with zero attached hydrogens (tertiary/aromatic N) is 4. The number of hydrogen-bond acceptors (Lipinski definition) is 10. The van der Waals surface area contributed by atoms with E-state index in [-0.39, 0.29) is 11.2 Å². The van der Waals surface area contributed by atoms with Crippen LogP contribution in [0.2, 0.25) is 0 Å². The Morgan fingerprint density at radius 1 is 1.00 bits per heavy atom. The van der Waals surface area contributed by atoms with Crippen LogP contribution in [-0.4, -0.2) is 42.1 Å². The third-order valence-corrected chi connectivity index (χ3v) is 8.26. The van der Waals surface area contributed by atoms with Gasteiger partial charge in [0.25, 0.3) is 11.2 Å². The van der Waals surface area contributed by atoms with Crippen LogP contribution in [0.5, 0.6) is 17.2 Å². The van der Waals surface area contributed by atoms with Crippen LogP contribution in [0.3, 0.4) is 0 Å². The second-order valence-corrected chi connectivity index (χ2v) is 10.5. The predicted octanol–water partition coefficient (Wildman–Crippen LogP) is 6.09. The summed E-state index contributed by atoms with van der Waals surface area (Å²) in [5, 5.41) is 16.4. The van der Waals surface area contributed by atoms with E-state index in [9.17, 15) is 14.9 Å². The molecule has 0 aliphatic carbocycles. The van der Waals surface area contributed by atoms with E-state index < -0.39 is 4.92 Å². The summed E-state index contributed by atoms with van der Waals surface area (Å²) in [6.07, 6.45) is 2.85. The molecule has 0 aliphatic rings. The monoisotopic (exact) mass is 574 g/mol. The Balaban J connectivity index is 1.64. The number of nitro benzene ring substituents is 1. The molecule has 5 rings (SSSR count). The van der Waals surface area contributed by atoms with Crippen molar-refractivity contribution in [3.8, 4) is 28.4 Å². The summed E-state index contributed by atoms with van der Waals surface area (Å²) in [5.74, 6) is 1.34. The molecule has 40 heavy (non-hydrogen) atoms. The first-order valence-corrected chi connectivity index (χ1v) is 13.4. The molecule has 0 N–H and O–H groups in total. The maximum absolute atomic E-state index is 13.8. The third kappa shape index (κ3) is 5.14. The van der Waals surface area contributed by atoms with Gasteiger partial charge >= 0.3 is 0 Å². The fraction of sp³-hybridized carbons (Fsp3) is 0.107. The van der Waals surface area contributed by atoms with Crippen molar-refractivity contribution in [2.45, 2.75) is 9.10 Å². The van der Waals surface area contributed by atoms with Gasteiger partial charge in [-0.3, -0.25) is 14.9 Å². The lowest BCUT2D eigenvalue weighted by Gasteiger charge is -2.12. The molecule has 0 fully saturated rings. The zero-order valence-electron chi connectivity index (χ0n) is 21.6. The number of thiophene rings is 1. The predicted molar refractivity (Wildman–Crippen MR) is 156 cm³/mol. The van der Waals surface area contributed by atoms with Gasteiger partial charge in [-0.2, -0.15) is 9.78 Å². The maximum atomic E-state index is 13.8. The van der Waals surface area contributed by atoms with Gasteiger partial charge < -0.3 is 14.2 Å². The van der Waals surface area contributed by atoms with Crippen molar-refractivity contribution >= 4 is 45.2 Å². The second-order valence-electron chi connectivity index (χ2n) is 8.24. The van der Waals surface area contributed by atoms with Crippen LogP contribution < -0.4 is 19.8 Å². The van der Waals surface area contributed by atoms with E-state index in [0.717, 1.165) is 10.2 Å². The van der Waals surface area contributed by atoms with Crippen molar-refractivity contribution in [1.29, 1.82) is 0 Å². The highest BCUT2D eigenvalue weighted by atomic mass is 32.2. The smallest absolute Gasteiger partial charge is 0.283 e. The summed E-state index contributed by atoms with van der Waals surface area (Å²) in [4.78, 5) is 30.5. The molecule has 2 aromatic heterocycles. The van der Waals surface area contributed by atoms with Gasteiger partial charge in [0.15, 0.2) is 11.5 Å². The zero-order valence-corrected chi connectivity index (χ0v) is 23.2. The van der Waals surface area contributed by atoms with Crippen molar-refractivity contribution in [2.24, 2.45) is 5.10 Å². The van der Waals surface area contributed by atoms with Crippen molar-refractivity contribution in [2.75, 3.05) is 21.3 Å². The standard InChI is InChI=1S/C28H22N4O6S2/c1-36-20-13-17(14-21(37-2)25(20)38-3)15-30-31-16-29-26-24(27(31)33)23(18-9-5-4-6-10-18)28(40-26)39-22-12-8-7-11-19(22)32(34)35/h4-16H,1-3H3. The first kappa shape index (κ1) is 26.9. The Bertz CT molecular complexity index is 1780. The molecule has 0 saturated carbocycles. The number of nitro groups is 1. The lowest BCUT2D eigenvalue weighted by molar-refractivity contribution is -0.387. The van der Waals surface area contributed by atoms with Gasteiger partial charge in [0.2, 0.25) is 5.75 Å². The molecule has 0 aliphatic heterocycles. The van der Waals surface area contributed by atoms with E-state index in [1.807, 2.05) is 30.3 Å². The first-order valence-electron chi connectivity index (χ1n) is 11.8. The molecule has 2 heterocycles. The summed E-state index contributed by atoms with van der Waals surface area (Å²) < 4.78 is 18.0. The molecule has 202 valence electrons. The highest BCUT2D eigenvalue weighted by Gasteiger charge is 2.23. The van der Waals surface area contributed by atoms with Crippen molar-refractivity contribution < 1.29 is 19.1 Å². The normalized spacial score (nSPS) is 11.2. The number of benzene rings is 3. The van der Waals surface area contributed by atoms with Crippen molar-refractivity contribution in [3.63, 3.8) is 0 Å². The van der Waals surface area contributed by atoms with E-state index >= 15 is 0 Å². The quantitative estimate of drug-likeness (QED) is 0.118. The lowest BCUT2D eigenvalue weighted by atomic mass is 10.1. The largest absolute Gasteiger partial charge is 0.493 e. The SMILES string of the molecule is COc1cc(C=Nn2cnc3sc(Sc4ccccc4[N+](=O)[O-])c(-c4ccccc4)c3c2=O)cc(OC)c1OC. The molecule has 10 nitrogen and oxygen atoms in total. The van der Waals surface area contributed by atoms with Crippen molar-refractivity contribution in [1.82, 2.24) is 9.66 Å². The van der Waals surface area contributed by atoms with E-state index in [1.54, 1.807) is 30.3 Å². The van der Waals surface area contributed by atoms with Crippen LogP contribution >= 0.6 is 23.1 Å². The second kappa shape index (κ2) is 11.6. The topological polar surface area (TPSA) is 118 Å². The van der Waals surface area contributed by atoms with Gasteiger partial charge in [-0.25, -0.2) is 4.98 Å². The van der Waals surface area contributed by atoms with Gasteiger partial charge in [-0.05, 0) is 23.8 Å². The van der Waals surface area contributed by atoms with Gasteiger partial charge in [-0.15, -0.1) is 11.3 Å². The molecule has 12 heteroatoms. The Hall–Kier alpha value is -4.68. The van der Waals surface area contributed by atoms with Crippen LogP contribution in [0, 0.1) is 10.1 Å². The Kier molecular flexibility index (Phi) is 7.80. The van der Waals surface area contributed by atoms with Crippen molar-refractivity contribution in [3.05, 3.63) is 99.1 Å². The minimum absolute atomic E-state index is 0.00992. The Morgan fingerprint density at radius 3 is 2.33 bits per heavy atom. The zero-order chi connectivity index (χ0) is 28.2. The number of fused-ring (bicyclic) bond motifs is 1. The van der Waals surface area contributed by atoms with Crippen LogP contribution in [0.1, 0.15) is 5.56 Å². The molecule has 0 atom stereocenters. The highest BCUT2D eigenvalue weighted by molar-refractivity contribution is 8.01. The molecular formula is C28H22N4O6S2. The summed E-state index contributed by atoms with van der Waals surface area (Å²) in [6, 6.07) is 19.3. The lowest BCUT2D eigenvalue weighted by Crippen LogP contribution is -2.16. The summed E-state index contributed by atoms with van der Waals surface area (Å²) in [7, 11) is 4.55. The molecule has 0 bridgehead atoms. The number of rotatable bonds is 9. The van der Waals surface area contributed by atoms with Crippen LogP contribution in [0.4, 0.5) is 5.69 Å². The minimum atomic E-state index is -0.416. The van der Waals surface area contributed by atoms with E-state index in [2.05, 4.69) is 10.1 Å². The van der Waals surface area contributed by atoms with E-state index in [1.165, 1.54) is 63.0 Å². The molecule has 0 saturated heterocycles. The van der Waals surface area contributed by atoms with E-state index in [0.29, 0.717) is 47.7 Å². The number of hydrogen-bond donors (Lipinski definition) is 0. The molecular weight excluding hydrogens is 552 g/mol. The van der Waals surface area contributed by atoms with Crippen LogP contribution in [0.25, 0.3) is 21.3 Å². The first-order chi connectivity index (χ1) is 19.4. The number of aromatic nitrogens is 2. The fourth-order valence-electron chi connectivity index (χ4n) is 4.08.